The summed E-state index contributed by atoms with van der Waals surface area (Å²) >= 11 is 0. The molecule has 2 aromatic heterocycles. The number of rotatable bonds is 14. The van der Waals surface area contributed by atoms with E-state index in [1.165, 1.54) is 0 Å². The monoisotopic (exact) mass is 818 g/mol. The van der Waals surface area contributed by atoms with Gasteiger partial charge in [-0.3, -0.25) is 19.9 Å². The molecule has 11 nitrogen and oxygen atoms in total. The number of aromatic nitrogens is 3. The first kappa shape index (κ1) is 43.4. The van der Waals surface area contributed by atoms with Crippen molar-refractivity contribution in [1.29, 1.82) is 0 Å². The average molecular weight is 819 g/mol. The van der Waals surface area contributed by atoms with Crippen molar-refractivity contribution in [3.63, 3.8) is 0 Å². The predicted octanol–water partition coefficient (Wildman–Crippen LogP) is 8.56. The van der Waals surface area contributed by atoms with Crippen molar-refractivity contribution >= 4 is 31.0 Å². The Morgan fingerprint density at radius 1 is 0.898 bits per heavy atom. The van der Waals surface area contributed by atoms with E-state index in [0.29, 0.717) is 44.7 Å². The number of anilines is 1. The van der Waals surface area contributed by atoms with E-state index >= 15 is 0 Å². The summed E-state index contributed by atoms with van der Waals surface area (Å²) < 4.78 is 26.6. The Bertz CT molecular complexity index is 2270. The molecule has 0 spiro atoms. The van der Waals surface area contributed by atoms with Crippen LogP contribution < -0.4 is 20.3 Å². The minimum Gasteiger partial charge on any atom is -0.497 e. The lowest BCUT2D eigenvalue weighted by Gasteiger charge is -2.38. The van der Waals surface area contributed by atoms with Gasteiger partial charge in [-0.1, -0.05) is 116 Å². The number of aliphatic hydroxyl groups is 1. The number of carbonyl (C=O) groups is 1. The zero-order valence-electron chi connectivity index (χ0n) is 35.8. The summed E-state index contributed by atoms with van der Waals surface area (Å²) in [7, 11) is 1.07. The van der Waals surface area contributed by atoms with Crippen molar-refractivity contribution in [3.05, 3.63) is 118 Å². The lowest BCUT2D eigenvalue weighted by Crippen LogP contribution is -2.43. The van der Waals surface area contributed by atoms with Gasteiger partial charge in [-0.15, -0.1) is 5.54 Å². The molecular formula is C47H58N4O7Si. The van der Waals surface area contributed by atoms with Crippen LogP contribution in [-0.4, -0.2) is 66.7 Å². The molecule has 3 N–H and O–H groups in total. The van der Waals surface area contributed by atoms with E-state index in [1.807, 2.05) is 78.9 Å². The summed E-state index contributed by atoms with van der Waals surface area (Å²) in [5, 5.41) is 14.8. The molecule has 0 saturated carbocycles. The molecule has 1 fully saturated rings. The fraction of sp³-hybridized carbons (Fsp3) is 0.426. The topological polar surface area (TPSA) is 137 Å². The number of nitrogens with one attached hydrogen (secondary N) is 2. The van der Waals surface area contributed by atoms with Crippen molar-refractivity contribution in [3.8, 4) is 23.0 Å². The lowest BCUT2D eigenvalue weighted by atomic mass is 9.80. The van der Waals surface area contributed by atoms with Gasteiger partial charge in [0.1, 0.15) is 37.5 Å². The number of nitrogens with zero attached hydrogens (tertiary/aromatic N) is 2. The van der Waals surface area contributed by atoms with Gasteiger partial charge in [0.25, 0.3) is 5.56 Å². The standard InChI is InChI=1S/C47H58N4O7Si/c1-29(2)44(53)49-46-48-43-42(45(54)50-46)33(24-25-59(30(3)4,31(5)6)32(7)8)27-51(43)41-26-39(52)40(58-41)28-57-47(34-14-12-11-13-15-34,35-16-20-37(55-9)21-17-35)36-18-22-38(56-10)23-19-36/h11-23,27,29-32,39-41,52H,26,28H2,1-10H3,(H2,48,49,50,53,54)/t39-,40+,41+/m0/s1. The zero-order chi connectivity index (χ0) is 42.6. The highest BCUT2D eigenvalue weighted by Crippen LogP contribution is 2.44. The van der Waals surface area contributed by atoms with E-state index in [2.05, 4.69) is 63.3 Å². The maximum absolute atomic E-state index is 13.9. The van der Waals surface area contributed by atoms with Crippen LogP contribution in [0.15, 0.2) is 89.9 Å². The number of ether oxygens (including phenoxy) is 4. The Hall–Kier alpha value is -5.19. The molecule has 0 aliphatic carbocycles. The summed E-state index contributed by atoms with van der Waals surface area (Å²) in [4.78, 5) is 34.2. The van der Waals surface area contributed by atoms with Crippen molar-refractivity contribution in [1.82, 2.24) is 14.5 Å². The van der Waals surface area contributed by atoms with Crippen LogP contribution in [0.3, 0.4) is 0 Å². The number of hydrogen-bond donors (Lipinski definition) is 3. The number of aromatic amines is 1. The van der Waals surface area contributed by atoms with E-state index in [4.69, 9.17) is 23.9 Å². The van der Waals surface area contributed by atoms with Gasteiger partial charge in [-0.25, -0.2) is 0 Å². The summed E-state index contributed by atoms with van der Waals surface area (Å²) in [6, 6.07) is 25.5. The second-order valence-electron chi connectivity index (χ2n) is 16.6. The molecule has 0 unspecified atom stereocenters. The Morgan fingerprint density at radius 3 is 1.95 bits per heavy atom. The fourth-order valence-electron chi connectivity index (χ4n) is 8.72. The number of fused-ring (bicyclic) bond motifs is 1. The molecule has 3 aromatic carbocycles. The SMILES string of the molecule is COc1ccc(C(OC[C@H]2O[C@@H](n3cc(C#C[Si](C(C)C)(C(C)C)C(C)C)c4c(=O)[nH]c(NC(=O)C(C)C)nc43)C[C@@H]2O)(c2ccccc2)c2ccc(OC)cc2)cc1. The van der Waals surface area contributed by atoms with Crippen LogP contribution in [0.25, 0.3) is 11.0 Å². The third kappa shape index (κ3) is 8.48. The van der Waals surface area contributed by atoms with Crippen LogP contribution in [0, 0.1) is 17.4 Å². The van der Waals surface area contributed by atoms with Gasteiger partial charge in [0, 0.05) is 18.5 Å². The lowest BCUT2D eigenvalue weighted by molar-refractivity contribution is -0.118. The molecule has 59 heavy (non-hydrogen) atoms. The first-order valence-corrected chi connectivity index (χ1v) is 22.7. The quantitative estimate of drug-likeness (QED) is 0.0576. The number of amides is 1. The van der Waals surface area contributed by atoms with Crippen molar-refractivity contribution in [2.75, 3.05) is 26.1 Å². The number of aliphatic hydroxyl groups excluding tert-OH is 1. The van der Waals surface area contributed by atoms with Gasteiger partial charge < -0.3 is 28.6 Å². The molecule has 1 aliphatic rings. The van der Waals surface area contributed by atoms with E-state index in [1.54, 1.807) is 38.8 Å². The molecule has 3 atom stereocenters. The largest absolute Gasteiger partial charge is 0.497 e. The molecule has 5 aromatic rings. The fourth-order valence-corrected chi connectivity index (χ4v) is 13.9. The molecular weight excluding hydrogens is 761 g/mol. The van der Waals surface area contributed by atoms with Gasteiger partial charge in [-0.2, -0.15) is 4.98 Å². The smallest absolute Gasteiger partial charge is 0.263 e. The third-order valence-corrected chi connectivity index (χ3v) is 18.2. The Labute approximate surface area is 348 Å². The average Bonchev–Trinajstić information content (AvgIpc) is 3.78. The van der Waals surface area contributed by atoms with Crippen LogP contribution in [0.1, 0.15) is 90.3 Å². The Balaban J connectivity index is 1.42. The number of methoxy groups -OCH3 is 2. The van der Waals surface area contributed by atoms with E-state index in [0.717, 1.165) is 16.7 Å². The highest BCUT2D eigenvalue weighted by atomic mass is 28.3. The summed E-state index contributed by atoms with van der Waals surface area (Å²) in [6.45, 7) is 17.0. The van der Waals surface area contributed by atoms with Crippen molar-refractivity contribution < 1.29 is 28.8 Å². The minimum atomic E-state index is -2.19. The van der Waals surface area contributed by atoms with Gasteiger partial charge in [0.05, 0.1) is 37.9 Å². The van der Waals surface area contributed by atoms with Crippen molar-refractivity contribution in [2.24, 2.45) is 5.92 Å². The van der Waals surface area contributed by atoms with Gasteiger partial charge >= 0.3 is 0 Å². The first-order chi connectivity index (χ1) is 28.2. The highest BCUT2D eigenvalue weighted by molar-refractivity contribution is 6.90. The van der Waals surface area contributed by atoms with E-state index in [9.17, 15) is 14.7 Å². The van der Waals surface area contributed by atoms with Crippen LogP contribution in [-0.2, 0) is 19.9 Å². The molecule has 0 radical (unpaired) electrons. The van der Waals surface area contributed by atoms with E-state index < -0.39 is 37.7 Å². The normalized spacial score (nSPS) is 17.2. The first-order valence-electron chi connectivity index (χ1n) is 20.5. The zero-order valence-corrected chi connectivity index (χ0v) is 36.8. The van der Waals surface area contributed by atoms with Gasteiger partial charge in [0.15, 0.2) is 5.65 Å². The second kappa shape index (κ2) is 18.0. The maximum atomic E-state index is 13.9. The molecule has 312 valence electrons. The number of carbonyl (C=O) groups excluding carboxylic acids is 1. The third-order valence-electron chi connectivity index (χ3n) is 11.9. The molecule has 1 aliphatic heterocycles. The maximum Gasteiger partial charge on any atom is 0.263 e. The molecule has 3 heterocycles. The highest BCUT2D eigenvalue weighted by Gasteiger charge is 2.44. The molecule has 12 heteroatoms. The van der Waals surface area contributed by atoms with E-state index in [-0.39, 0.29) is 30.8 Å². The summed E-state index contributed by atoms with van der Waals surface area (Å²) in [5.74, 6) is 4.27. The summed E-state index contributed by atoms with van der Waals surface area (Å²) in [6.07, 6.45) is -0.430. The van der Waals surface area contributed by atoms with Crippen LogP contribution in [0.2, 0.25) is 16.6 Å². The van der Waals surface area contributed by atoms with Crippen molar-refractivity contribution in [2.45, 2.75) is 102 Å². The Kier molecular flexibility index (Phi) is 13.2. The molecule has 0 bridgehead atoms. The number of hydrogen-bond acceptors (Lipinski definition) is 8. The molecule has 6 rings (SSSR count). The molecule has 1 amide bonds. The van der Waals surface area contributed by atoms with Crippen LogP contribution >= 0.6 is 0 Å². The summed E-state index contributed by atoms with van der Waals surface area (Å²) in [5.41, 5.74) is 6.74. The second-order valence-corrected chi connectivity index (χ2v) is 22.2. The van der Waals surface area contributed by atoms with Crippen LogP contribution in [0.4, 0.5) is 5.95 Å². The minimum absolute atomic E-state index is 0.00543. The Morgan fingerprint density at radius 2 is 1.44 bits per heavy atom. The van der Waals surface area contributed by atoms with Crippen LogP contribution in [0.5, 0.6) is 11.5 Å². The molecule has 1 saturated heterocycles. The predicted molar refractivity (Wildman–Crippen MR) is 235 cm³/mol. The van der Waals surface area contributed by atoms with Gasteiger partial charge in [-0.05, 0) is 57.6 Å². The van der Waals surface area contributed by atoms with Gasteiger partial charge in [0.2, 0.25) is 11.9 Å². The number of H-pyrrole nitrogens is 1. The number of benzene rings is 3.